The summed E-state index contributed by atoms with van der Waals surface area (Å²) in [7, 11) is -4.09. The summed E-state index contributed by atoms with van der Waals surface area (Å²) >= 11 is 9.53. The second-order valence-corrected chi connectivity index (χ2v) is 12.0. The van der Waals surface area contributed by atoms with Crippen molar-refractivity contribution in [3.63, 3.8) is 0 Å². The number of benzene rings is 3. The molecular formula is C28H31BrClN3O4S. The first-order valence-electron chi connectivity index (χ1n) is 12.3. The fourth-order valence-corrected chi connectivity index (χ4v) is 5.72. The molecule has 7 nitrogen and oxygen atoms in total. The van der Waals surface area contributed by atoms with Gasteiger partial charge in [-0.05, 0) is 67.4 Å². The zero-order chi connectivity index (χ0) is 27.7. The smallest absolute Gasteiger partial charge is 0.264 e. The zero-order valence-corrected chi connectivity index (χ0v) is 24.5. The van der Waals surface area contributed by atoms with E-state index in [9.17, 15) is 18.0 Å². The average molecular weight is 621 g/mol. The van der Waals surface area contributed by atoms with Crippen LogP contribution in [-0.4, -0.2) is 44.3 Å². The molecule has 38 heavy (non-hydrogen) atoms. The van der Waals surface area contributed by atoms with Gasteiger partial charge in [0.1, 0.15) is 12.6 Å². The lowest BCUT2D eigenvalue weighted by molar-refractivity contribution is -0.139. The van der Waals surface area contributed by atoms with Crippen molar-refractivity contribution < 1.29 is 18.0 Å². The summed E-state index contributed by atoms with van der Waals surface area (Å²) in [6, 6.07) is 20.8. The normalized spacial score (nSPS) is 12.0. The van der Waals surface area contributed by atoms with E-state index in [1.807, 2.05) is 6.92 Å². The molecule has 10 heteroatoms. The first kappa shape index (κ1) is 29.7. The quantitative estimate of drug-likeness (QED) is 0.266. The third-order valence-corrected chi connectivity index (χ3v) is 8.52. The molecular weight excluding hydrogens is 590 g/mol. The fraction of sp³-hybridized carbons (Fsp3) is 0.286. The molecule has 0 aliphatic carbocycles. The van der Waals surface area contributed by atoms with Gasteiger partial charge in [-0.2, -0.15) is 0 Å². The number of sulfonamides is 1. The average Bonchev–Trinajstić information content (AvgIpc) is 2.91. The summed E-state index contributed by atoms with van der Waals surface area (Å²) in [5, 5.41) is 3.37. The van der Waals surface area contributed by atoms with E-state index in [0.717, 1.165) is 27.2 Å². The van der Waals surface area contributed by atoms with E-state index < -0.39 is 28.5 Å². The maximum atomic E-state index is 13.8. The number of amides is 2. The number of nitrogens with zero attached hydrogens (tertiary/aromatic N) is 2. The number of carbonyl (C=O) groups is 2. The van der Waals surface area contributed by atoms with Crippen LogP contribution in [0, 0.1) is 0 Å². The standard InChI is InChI=1S/C28H31BrClN3O4S/c1-3-4-17-31-28(35)21(2)32(19-22-9-8-10-24(30)18-22)27(34)20-33(25-15-13-23(29)14-16-25)38(36,37)26-11-6-5-7-12-26/h5-16,18,21H,3-4,17,19-20H2,1-2H3,(H,31,35)/t21-/m1/s1. The number of rotatable bonds is 12. The van der Waals surface area contributed by atoms with Crippen molar-refractivity contribution in [3.05, 3.63) is 93.9 Å². The number of halogens is 2. The third kappa shape index (κ3) is 7.82. The molecule has 0 aliphatic heterocycles. The molecule has 202 valence electrons. The molecule has 0 radical (unpaired) electrons. The molecule has 0 saturated carbocycles. The number of hydrogen-bond donors (Lipinski definition) is 1. The SMILES string of the molecule is CCCCNC(=O)[C@@H](C)N(Cc1cccc(Cl)c1)C(=O)CN(c1ccc(Br)cc1)S(=O)(=O)c1ccccc1. The Bertz CT molecular complexity index is 1340. The Morgan fingerprint density at radius 1 is 1.00 bits per heavy atom. The van der Waals surface area contributed by atoms with Crippen LogP contribution < -0.4 is 9.62 Å². The van der Waals surface area contributed by atoms with E-state index in [0.29, 0.717) is 17.3 Å². The molecule has 0 heterocycles. The van der Waals surface area contributed by atoms with Gasteiger partial charge in [0.2, 0.25) is 11.8 Å². The molecule has 1 N–H and O–H groups in total. The monoisotopic (exact) mass is 619 g/mol. The summed E-state index contributed by atoms with van der Waals surface area (Å²) in [4.78, 5) is 28.2. The molecule has 3 aromatic rings. The van der Waals surface area contributed by atoms with Crippen LogP contribution in [0.5, 0.6) is 0 Å². The van der Waals surface area contributed by atoms with Gasteiger partial charge < -0.3 is 10.2 Å². The van der Waals surface area contributed by atoms with Crippen LogP contribution in [0.2, 0.25) is 5.02 Å². The minimum atomic E-state index is -4.09. The summed E-state index contributed by atoms with van der Waals surface area (Å²) in [5.41, 5.74) is 1.05. The Kier molecular flexibility index (Phi) is 10.8. The van der Waals surface area contributed by atoms with Crippen molar-refractivity contribution in [2.45, 2.75) is 44.2 Å². The van der Waals surface area contributed by atoms with Gasteiger partial charge in [-0.25, -0.2) is 8.42 Å². The number of carbonyl (C=O) groups excluding carboxylic acids is 2. The molecule has 0 spiro atoms. The van der Waals surface area contributed by atoms with Crippen molar-refractivity contribution in [2.24, 2.45) is 0 Å². The number of unbranched alkanes of at least 4 members (excludes halogenated alkanes) is 1. The lowest BCUT2D eigenvalue weighted by Gasteiger charge is -2.32. The highest BCUT2D eigenvalue weighted by Crippen LogP contribution is 2.26. The predicted octanol–water partition coefficient (Wildman–Crippen LogP) is 5.63. The van der Waals surface area contributed by atoms with Gasteiger partial charge >= 0.3 is 0 Å². The largest absolute Gasteiger partial charge is 0.354 e. The number of anilines is 1. The van der Waals surface area contributed by atoms with Crippen molar-refractivity contribution in [2.75, 3.05) is 17.4 Å². The minimum absolute atomic E-state index is 0.0578. The molecule has 3 rings (SSSR count). The van der Waals surface area contributed by atoms with Gasteiger partial charge in [0.05, 0.1) is 10.6 Å². The Morgan fingerprint density at radius 2 is 1.68 bits per heavy atom. The van der Waals surface area contributed by atoms with Gasteiger partial charge in [-0.3, -0.25) is 13.9 Å². The van der Waals surface area contributed by atoms with Crippen molar-refractivity contribution >= 4 is 55.1 Å². The molecule has 0 unspecified atom stereocenters. The van der Waals surface area contributed by atoms with Crippen LogP contribution in [-0.2, 0) is 26.2 Å². The molecule has 0 aliphatic rings. The summed E-state index contributed by atoms with van der Waals surface area (Å²) in [6.07, 6.45) is 1.73. The first-order chi connectivity index (χ1) is 18.1. The molecule has 1 atom stereocenters. The minimum Gasteiger partial charge on any atom is -0.354 e. The van der Waals surface area contributed by atoms with Crippen LogP contribution in [0.4, 0.5) is 5.69 Å². The second-order valence-electron chi connectivity index (χ2n) is 8.77. The molecule has 0 fully saturated rings. The Labute approximate surface area is 238 Å². The van der Waals surface area contributed by atoms with Gasteiger partial charge in [-0.15, -0.1) is 0 Å². The lowest BCUT2D eigenvalue weighted by atomic mass is 10.1. The predicted molar refractivity (Wildman–Crippen MR) is 154 cm³/mol. The van der Waals surface area contributed by atoms with E-state index in [1.54, 1.807) is 73.7 Å². The molecule has 0 aromatic heterocycles. The molecule has 2 amide bonds. The van der Waals surface area contributed by atoms with E-state index in [-0.39, 0.29) is 17.3 Å². The van der Waals surface area contributed by atoms with Gasteiger partial charge in [0, 0.05) is 22.6 Å². The van der Waals surface area contributed by atoms with Crippen LogP contribution in [0.3, 0.4) is 0 Å². The lowest BCUT2D eigenvalue weighted by Crippen LogP contribution is -2.51. The fourth-order valence-electron chi connectivity index (χ4n) is 3.81. The van der Waals surface area contributed by atoms with Crippen molar-refractivity contribution in [1.82, 2.24) is 10.2 Å². The first-order valence-corrected chi connectivity index (χ1v) is 14.9. The topological polar surface area (TPSA) is 86.8 Å². The zero-order valence-electron chi connectivity index (χ0n) is 21.3. The van der Waals surface area contributed by atoms with Crippen molar-refractivity contribution in [1.29, 1.82) is 0 Å². The van der Waals surface area contributed by atoms with Gasteiger partial charge in [0.15, 0.2) is 0 Å². The third-order valence-electron chi connectivity index (χ3n) is 5.96. The highest BCUT2D eigenvalue weighted by molar-refractivity contribution is 9.10. The van der Waals surface area contributed by atoms with Crippen LogP contribution in [0.25, 0.3) is 0 Å². The molecule has 3 aromatic carbocycles. The highest BCUT2D eigenvalue weighted by Gasteiger charge is 2.32. The maximum Gasteiger partial charge on any atom is 0.264 e. The summed E-state index contributed by atoms with van der Waals surface area (Å²) < 4.78 is 29.2. The van der Waals surface area contributed by atoms with E-state index in [1.165, 1.54) is 17.0 Å². The molecule has 0 bridgehead atoms. The van der Waals surface area contributed by atoms with E-state index in [4.69, 9.17) is 11.6 Å². The van der Waals surface area contributed by atoms with E-state index >= 15 is 0 Å². The van der Waals surface area contributed by atoms with Gasteiger partial charge in [0.25, 0.3) is 10.0 Å². The Hall–Kier alpha value is -2.88. The Morgan fingerprint density at radius 3 is 2.32 bits per heavy atom. The maximum absolute atomic E-state index is 13.8. The highest BCUT2D eigenvalue weighted by atomic mass is 79.9. The Balaban J connectivity index is 1.98. The number of nitrogens with one attached hydrogen (secondary N) is 1. The summed E-state index contributed by atoms with van der Waals surface area (Å²) in [6.45, 7) is 3.74. The van der Waals surface area contributed by atoms with Crippen LogP contribution >= 0.6 is 27.5 Å². The molecule has 0 saturated heterocycles. The summed E-state index contributed by atoms with van der Waals surface area (Å²) in [5.74, 6) is -0.833. The second kappa shape index (κ2) is 13.8. The van der Waals surface area contributed by atoms with Gasteiger partial charge in [-0.1, -0.05) is 71.2 Å². The number of hydrogen-bond acceptors (Lipinski definition) is 4. The van der Waals surface area contributed by atoms with Crippen LogP contribution in [0.15, 0.2) is 88.2 Å². The van der Waals surface area contributed by atoms with Crippen molar-refractivity contribution in [3.8, 4) is 0 Å². The van der Waals surface area contributed by atoms with Crippen LogP contribution in [0.1, 0.15) is 32.3 Å². The van der Waals surface area contributed by atoms with E-state index in [2.05, 4.69) is 21.2 Å².